The Labute approximate surface area is 185 Å². The topological polar surface area (TPSA) is 68.5 Å². The number of hydrogen-bond donors (Lipinski definition) is 1. The average molecular weight is 446 g/mol. The van der Waals surface area contributed by atoms with Gasteiger partial charge in [-0.1, -0.05) is 23.7 Å². The highest BCUT2D eigenvalue weighted by Gasteiger charge is 2.32. The minimum absolute atomic E-state index is 0.151. The van der Waals surface area contributed by atoms with Crippen LogP contribution in [0.2, 0.25) is 5.02 Å². The molecule has 2 aromatic carbocycles. The summed E-state index contributed by atoms with van der Waals surface area (Å²) >= 11 is 7.44. The highest BCUT2D eigenvalue weighted by molar-refractivity contribution is 8.00. The molecule has 5 nitrogen and oxygen atoms in total. The Morgan fingerprint density at radius 2 is 1.93 bits per heavy atom. The number of rotatable bonds is 8. The monoisotopic (exact) mass is 445 g/mol. The summed E-state index contributed by atoms with van der Waals surface area (Å²) in [6.45, 7) is 4.25. The summed E-state index contributed by atoms with van der Waals surface area (Å²) in [6.07, 6.45) is 1.27. The second-order valence-electron chi connectivity index (χ2n) is 7.72. The van der Waals surface area contributed by atoms with Crippen LogP contribution in [0.1, 0.15) is 25.1 Å². The molecule has 3 rings (SSSR count). The maximum atomic E-state index is 12.4. The van der Waals surface area contributed by atoms with Crippen LogP contribution in [0.5, 0.6) is 5.75 Å². The first-order valence-corrected chi connectivity index (χ1v) is 10.9. The molecule has 0 bridgehead atoms. The standard InChI is InChI=1S/C23H24ClNO4S/c1-23(2,22(28)29-3)13-20-21(30-11-10-26)18-12-17(27)8-9-19(18)25(20)14-15-4-6-16(24)7-5-15/h4-10,12,27H,11,13-14H2,1-3H3. The number of aldehydes is 1. The number of carbonyl (C=O) groups excluding carboxylic acids is 2. The van der Waals surface area contributed by atoms with Crippen LogP contribution < -0.4 is 0 Å². The maximum absolute atomic E-state index is 12.4. The van der Waals surface area contributed by atoms with Gasteiger partial charge in [-0.25, -0.2) is 0 Å². The van der Waals surface area contributed by atoms with Crippen molar-refractivity contribution in [1.29, 1.82) is 0 Å². The molecule has 158 valence electrons. The lowest BCUT2D eigenvalue weighted by Gasteiger charge is -2.23. The molecule has 0 saturated carbocycles. The van der Waals surface area contributed by atoms with Gasteiger partial charge < -0.3 is 19.2 Å². The first-order valence-electron chi connectivity index (χ1n) is 9.50. The van der Waals surface area contributed by atoms with Crippen molar-refractivity contribution in [2.75, 3.05) is 12.9 Å². The van der Waals surface area contributed by atoms with Crippen molar-refractivity contribution in [2.45, 2.75) is 31.7 Å². The van der Waals surface area contributed by atoms with Gasteiger partial charge >= 0.3 is 5.97 Å². The largest absolute Gasteiger partial charge is 0.508 e. The van der Waals surface area contributed by atoms with Crippen LogP contribution in [0, 0.1) is 5.41 Å². The Bertz CT molecular complexity index is 1070. The van der Waals surface area contributed by atoms with E-state index in [4.69, 9.17) is 16.3 Å². The van der Waals surface area contributed by atoms with Gasteiger partial charge in [0.2, 0.25) is 0 Å². The summed E-state index contributed by atoms with van der Waals surface area (Å²) in [4.78, 5) is 24.4. The second-order valence-corrected chi connectivity index (χ2v) is 9.19. The highest BCUT2D eigenvalue weighted by atomic mass is 35.5. The minimum atomic E-state index is -0.764. The number of nitrogens with zero attached hydrogens (tertiary/aromatic N) is 1. The number of halogens is 1. The molecule has 1 N–H and O–H groups in total. The number of aromatic hydroxyl groups is 1. The minimum Gasteiger partial charge on any atom is -0.508 e. The van der Waals surface area contributed by atoms with Crippen LogP contribution in [-0.4, -0.2) is 34.8 Å². The summed E-state index contributed by atoms with van der Waals surface area (Å²) in [5.41, 5.74) is 2.13. The van der Waals surface area contributed by atoms with Gasteiger partial charge in [0.1, 0.15) is 12.0 Å². The Hall–Kier alpha value is -2.44. The second kappa shape index (κ2) is 9.14. The molecule has 1 aromatic heterocycles. The number of esters is 1. The first kappa shape index (κ1) is 22.2. The zero-order valence-corrected chi connectivity index (χ0v) is 18.7. The first-order chi connectivity index (χ1) is 14.3. The summed E-state index contributed by atoms with van der Waals surface area (Å²) < 4.78 is 7.14. The van der Waals surface area contributed by atoms with Crippen molar-refractivity contribution in [3.63, 3.8) is 0 Å². The Morgan fingerprint density at radius 1 is 1.23 bits per heavy atom. The molecule has 0 atom stereocenters. The van der Waals surface area contributed by atoms with E-state index < -0.39 is 5.41 Å². The van der Waals surface area contributed by atoms with Crippen molar-refractivity contribution < 1.29 is 19.4 Å². The van der Waals surface area contributed by atoms with E-state index in [1.165, 1.54) is 18.9 Å². The van der Waals surface area contributed by atoms with Crippen molar-refractivity contribution in [3.8, 4) is 5.75 Å². The third-order valence-electron chi connectivity index (χ3n) is 5.00. The summed E-state index contributed by atoms with van der Waals surface area (Å²) in [6, 6.07) is 12.8. The number of carbonyl (C=O) groups is 2. The van der Waals surface area contributed by atoms with Gasteiger partial charge in [-0.05, 0) is 49.7 Å². The van der Waals surface area contributed by atoms with E-state index in [2.05, 4.69) is 4.57 Å². The van der Waals surface area contributed by atoms with Gasteiger partial charge in [0.05, 0.1) is 18.3 Å². The number of thioether (sulfide) groups is 1. The quantitative estimate of drug-likeness (QED) is 0.297. The lowest BCUT2D eigenvalue weighted by Crippen LogP contribution is -2.29. The van der Waals surface area contributed by atoms with Crippen LogP contribution in [0.4, 0.5) is 0 Å². The molecular formula is C23H24ClNO4S. The number of methoxy groups -OCH3 is 1. The molecular weight excluding hydrogens is 422 g/mol. The van der Waals surface area contributed by atoms with Gasteiger partial charge in [0.25, 0.3) is 0 Å². The van der Waals surface area contributed by atoms with Crippen LogP contribution in [0.25, 0.3) is 10.9 Å². The Kier molecular flexibility index (Phi) is 6.78. The van der Waals surface area contributed by atoms with Crippen molar-refractivity contribution in [3.05, 3.63) is 58.7 Å². The molecule has 0 fully saturated rings. The SMILES string of the molecule is COC(=O)C(C)(C)Cc1c(SCC=O)c2cc(O)ccc2n1Cc1ccc(Cl)cc1. The fraction of sp³-hybridized carbons (Fsp3) is 0.304. The van der Waals surface area contributed by atoms with E-state index in [0.717, 1.165) is 33.3 Å². The van der Waals surface area contributed by atoms with Gasteiger partial charge in [-0.3, -0.25) is 4.79 Å². The lowest BCUT2D eigenvalue weighted by atomic mass is 9.87. The van der Waals surface area contributed by atoms with E-state index in [0.29, 0.717) is 18.0 Å². The smallest absolute Gasteiger partial charge is 0.311 e. The molecule has 30 heavy (non-hydrogen) atoms. The molecule has 0 aliphatic rings. The number of fused-ring (bicyclic) bond motifs is 1. The molecule has 0 unspecified atom stereocenters. The van der Waals surface area contributed by atoms with E-state index in [-0.39, 0.29) is 17.5 Å². The van der Waals surface area contributed by atoms with Gasteiger partial charge in [-0.15, -0.1) is 11.8 Å². The molecule has 3 aromatic rings. The van der Waals surface area contributed by atoms with Crippen LogP contribution >= 0.6 is 23.4 Å². The Balaban J connectivity index is 2.20. The number of aromatic nitrogens is 1. The van der Waals surface area contributed by atoms with Gasteiger partial charge in [-0.2, -0.15) is 0 Å². The molecule has 0 aliphatic heterocycles. The number of benzene rings is 2. The third-order valence-corrected chi connectivity index (χ3v) is 6.30. The van der Waals surface area contributed by atoms with E-state index >= 15 is 0 Å². The van der Waals surface area contributed by atoms with Crippen LogP contribution in [-0.2, 0) is 27.3 Å². The average Bonchev–Trinajstić information content (AvgIpc) is 2.98. The molecule has 0 amide bonds. The maximum Gasteiger partial charge on any atom is 0.311 e. The van der Waals surface area contributed by atoms with Crippen molar-refractivity contribution in [1.82, 2.24) is 4.57 Å². The fourth-order valence-electron chi connectivity index (χ4n) is 3.54. The van der Waals surface area contributed by atoms with Crippen molar-refractivity contribution in [2.24, 2.45) is 5.41 Å². The molecule has 0 aliphatic carbocycles. The van der Waals surface area contributed by atoms with Gasteiger partial charge in [0, 0.05) is 39.5 Å². The number of phenols is 1. The zero-order chi connectivity index (χ0) is 21.9. The summed E-state index contributed by atoms with van der Waals surface area (Å²) in [5, 5.41) is 11.6. The normalized spacial score (nSPS) is 11.6. The highest BCUT2D eigenvalue weighted by Crippen LogP contribution is 2.39. The predicted octanol–water partition coefficient (Wildman–Crippen LogP) is 5.08. The van der Waals surface area contributed by atoms with Gasteiger partial charge in [0.15, 0.2) is 0 Å². The summed E-state index contributed by atoms with van der Waals surface area (Å²) in [7, 11) is 1.38. The van der Waals surface area contributed by atoms with Crippen molar-refractivity contribution >= 4 is 46.5 Å². The fourth-order valence-corrected chi connectivity index (χ4v) is 4.57. The van der Waals surface area contributed by atoms with Crippen LogP contribution in [0.3, 0.4) is 0 Å². The molecule has 0 spiro atoms. The summed E-state index contributed by atoms with van der Waals surface area (Å²) in [5.74, 6) is 0.124. The van der Waals surface area contributed by atoms with Crippen LogP contribution in [0.15, 0.2) is 47.4 Å². The number of hydrogen-bond acceptors (Lipinski definition) is 5. The molecule has 7 heteroatoms. The molecule has 0 radical (unpaired) electrons. The van der Waals surface area contributed by atoms with E-state index in [1.807, 2.05) is 44.2 Å². The zero-order valence-electron chi connectivity index (χ0n) is 17.1. The Morgan fingerprint density at radius 3 is 2.57 bits per heavy atom. The lowest BCUT2D eigenvalue weighted by molar-refractivity contribution is -0.150. The predicted molar refractivity (Wildman–Crippen MR) is 120 cm³/mol. The number of ether oxygens (including phenoxy) is 1. The number of phenolic OH excluding ortho intramolecular Hbond substituents is 1. The molecule has 1 heterocycles. The van der Waals surface area contributed by atoms with E-state index in [1.54, 1.807) is 12.1 Å². The molecule has 0 saturated heterocycles. The van der Waals surface area contributed by atoms with E-state index in [9.17, 15) is 14.7 Å². The third kappa shape index (κ3) is 4.65.